The average molecular weight is 200 g/mol. The predicted molar refractivity (Wildman–Crippen MR) is 55.1 cm³/mol. The van der Waals surface area contributed by atoms with E-state index in [0.29, 0.717) is 0 Å². The second-order valence-electron chi connectivity index (χ2n) is 4.24. The Bertz CT molecular complexity index is 198. The summed E-state index contributed by atoms with van der Waals surface area (Å²) in [4.78, 5) is 11.7. The Labute approximate surface area is 85.4 Å². The maximum Gasteiger partial charge on any atom is 0.239 e. The normalized spacial score (nSPS) is 19.4. The van der Waals surface area contributed by atoms with E-state index < -0.39 is 5.54 Å². The van der Waals surface area contributed by atoms with Gasteiger partial charge in [0.2, 0.25) is 5.91 Å². The summed E-state index contributed by atoms with van der Waals surface area (Å²) in [6.45, 7) is 5.26. The summed E-state index contributed by atoms with van der Waals surface area (Å²) in [6.07, 6.45) is 1.84. The van der Waals surface area contributed by atoms with Crippen LogP contribution >= 0.6 is 0 Å². The number of nitrogens with one attached hydrogen (secondary N) is 2. The van der Waals surface area contributed by atoms with Crippen LogP contribution in [0.15, 0.2) is 0 Å². The zero-order chi connectivity index (χ0) is 10.6. The molecule has 1 aliphatic heterocycles. The molecular weight excluding hydrogens is 180 g/mol. The number of carbonyl (C=O) groups excluding carboxylic acids is 1. The lowest BCUT2D eigenvalue weighted by Crippen LogP contribution is -2.54. The van der Waals surface area contributed by atoms with Gasteiger partial charge in [-0.1, -0.05) is 0 Å². The number of amides is 1. The van der Waals surface area contributed by atoms with Gasteiger partial charge in [0.05, 0.1) is 5.54 Å². The van der Waals surface area contributed by atoms with Crippen molar-refractivity contribution in [3.05, 3.63) is 0 Å². The van der Waals surface area contributed by atoms with Crippen LogP contribution in [0, 0.1) is 0 Å². The first-order valence-electron chi connectivity index (χ1n) is 5.14. The van der Waals surface area contributed by atoms with Crippen LogP contribution in [0.25, 0.3) is 0 Å². The molecule has 14 heavy (non-hydrogen) atoms. The topological polar surface area (TPSA) is 50.4 Å². The Kier molecular flexibility index (Phi) is 3.89. The molecule has 0 unspecified atom stereocenters. The van der Waals surface area contributed by atoms with Gasteiger partial charge in [-0.25, -0.2) is 0 Å². The van der Waals surface area contributed by atoms with Crippen molar-refractivity contribution in [2.24, 2.45) is 0 Å². The molecule has 0 aromatic heterocycles. The van der Waals surface area contributed by atoms with Crippen LogP contribution in [-0.4, -0.2) is 37.7 Å². The van der Waals surface area contributed by atoms with E-state index in [-0.39, 0.29) is 11.9 Å². The molecule has 1 fully saturated rings. The number of ether oxygens (including phenoxy) is 1. The minimum Gasteiger partial charge on any atom is -0.381 e. The zero-order valence-electron chi connectivity index (χ0n) is 9.22. The van der Waals surface area contributed by atoms with Crippen molar-refractivity contribution < 1.29 is 9.53 Å². The molecule has 0 aliphatic carbocycles. The first-order chi connectivity index (χ1) is 6.56. The molecule has 1 heterocycles. The molecule has 1 amide bonds. The van der Waals surface area contributed by atoms with Crippen molar-refractivity contribution in [2.75, 3.05) is 20.3 Å². The summed E-state index contributed by atoms with van der Waals surface area (Å²) in [5, 5.41) is 6.02. The number of rotatable bonds is 3. The fourth-order valence-corrected chi connectivity index (χ4v) is 1.32. The van der Waals surface area contributed by atoms with Crippen LogP contribution in [-0.2, 0) is 9.53 Å². The molecule has 0 aromatic carbocycles. The second kappa shape index (κ2) is 4.75. The highest BCUT2D eigenvalue weighted by Gasteiger charge is 2.27. The van der Waals surface area contributed by atoms with Crippen LogP contribution in [0.2, 0.25) is 0 Å². The summed E-state index contributed by atoms with van der Waals surface area (Å²) in [5.41, 5.74) is -0.488. The molecule has 0 bridgehead atoms. The van der Waals surface area contributed by atoms with Crippen LogP contribution in [0.1, 0.15) is 26.7 Å². The van der Waals surface area contributed by atoms with Crippen molar-refractivity contribution >= 4 is 5.91 Å². The summed E-state index contributed by atoms with van der Waals surface area (Å²) in [5.74, 6) is 0.0619. The van der Waals surface area contributed by atoms with Crippen LogP contribution in [0.3, 0.4) is 0 Å². The van der Waals surface area contributed by atoms with Crippen molar-refractivity contribution in [1.82, 2.24) is 10.6 Å². The molecule has 1 rings (SSSR count). The van der Waals surface area contributed by atoms with Gasteiger partial charge in [0, 0.05) is 19.3 Å². The first-order valence-corrected chi connectivity index (χ1v) is 5.14. The Morgan fingerprint density at radius 3 is 2.43 bits per heavy atom. The van der Waals surface area contributed by atoms with E-state index in [0.717, 1.165) is 26.1 Å². The molecule has 1 aliphatic rings. The van der Waals surface area contributed by atoms with E-state index in [1.807, 2.05) is 13.8 Å². The van der Waals surface area contributed by atoms with E-state index in [9.17, 15) is 4.79 Å². The van der Waals surface area contributed by atoms with Gasteiger partial charge in [0.15, 0.2) is 0 Å². The second-order valence-corrected chi connectivity index (χ2v) is 4.24. The minimum atomic E-state index is -0.488. The van der Waals surface area contributed by atoms with Gasteiger partial charge in [-0.05, 0) is 33.7 Å². The smallest absolute Gasteiger partial charge is 0.239 e. The number of carbonyl (C=O) groups is 1. The van der Waals surface area contributed by atoms with Gasteiger partial charge in [-0.3, -0.25) is 4.79 Å². The van der Waals surface area contributed by atoms with Gasteiger partial charge in [-0.15, -0.1) is 0 Å². The summed E-state index contributed by atoms with van der Waals surface area (Å²) >= 11 is 0. The molecule has 4 heteroatoms. The van der Waals surface area contributed by atoms with E-state index in [2.05, 4.69) is 10.6 Å². The molecule has 0 spiro atoms. The fraction of sp³-hybridized carbons (Fsp3) is 0.900. The molecule has 82 valence electrons. The zero-order valence-corrected chi connectivity index (χ0v) is 9.22. The van der Waals surface area contributed by atoms with E-state index in [4.69, 9.17) is 4.74 Å². The number of likely N-dealkylation sites (N-methyl/N-ethyl adjacent to an activating group) is 1. The van der Waals surface area contributed by atoms with E-state index in [1.165, 1.54) is 0 Å². The Morgan fingerprint density at radius 2 is 1.93 bits per heavy atom. The molecular formula is C10H20N2O2. The first kappa shape index (κ1) is 11.5. The van der Waals surface area contributed by atoms with Gasteiger partial charge in [-0.2, -0.15) is 0 Å². The van der Waals surface area contributed by atoms with Crippen LogP contribution in [0.5, 0.6) is 0 Å². The number of hydrogen-bond acceptors (Lipinski definition) is 3. The van der Waals surface area contributed by atoms with Crippen LogP contribution in [0.4, 0.5) is 0 Å². The maximum absolute atomic E-state index is 11.7. The van der Waals surface area contributed by atoms with Gasteiger partial charge < -0.3 is 15.4 Å². The van der Waals surface area contributed by atoms with Crippen molar-refractivity contribution in [1.29, 1.82) is 0 Å². The molecule has 0 aromatic rings. The Morgan fingerprint density at radius 1 is 1.36 bits per heavy atom. The number of hydrogen-bond donors (Lipinski definition) is 2. The van der Waals surface area contributed by atoms with Crippen LogP contribution < -0.4 is 10.6 Å². The molecule has 4 nitrogen and oxygen atoms in total. The quantitative estimate of drug-likeness (QED) is 0.688. The molecule has 2 N–H and O–H groups in total. The van der Waals surface area contributed by atoms with E-state index >= 15 is 0 Å². The van der Waals surface area contributed by atoms with Gasteiger partial charge >= 0.3 is 0 Å². The lowest BCUT2D eigenvalue weighted by Gasteiger charge is -2.29. The Hall–Kier alpha value is -0.610. The minimum absolute atomic E-state index is 0.0619. The molecule has 0 atom stereocenters. The van der Waals surface area contributed by atoms with Crippen molar-refractivity contribution in [3.8, 4) is 0 Å². The van der Waals surface area contributed by atoms with Gasteiger partial charge in [0.25, 0.3) is 0 Å². The highest BCUT2D eigenvalue weighted by Crippen LogP contribution is 2.08. The van der Waals surface area contributed by atoms with E-state index in [1.54, 1.807) is 7.05 Å². The molecule has 0 radical (unpaired) electrons. The third-order valence-electron chi connectivity index (χ3n) is 2.75. The maximum atomic E-state index is 11.7. The fourth-order valence-electron chi connectivity index (χ4n) is 1.32. The highest BCUT2D eigenvalue weighted by molar-refractivity contribution is 5.85. The SMILES string of the molecule is CNC(C)(C)C(=O)NC1CCOCC1. The monoisotopic (exact) mass is 200 g/mol. The third-order valence-corrected chi connectivity index (χ3v) is 2.75. The average Bonchev–Trinajstić information content (AvgIpc) is 2.19. The lowest BCUT2D eigenvalue weighted by molar-refractivity contribution is -0.127. The predicted octanol–water partition coefficient (Wildman–Crippen LogP) is 0.280. The lowest BCUT2D eigenvalue weighted by atomic mass is 10.0. The van der Waals surface area contributed by atoms with Gasteiger partial charge in [0.1, 0.15) is 0 Å². The third kappa shape index (κ3) is 2.96. The standard InChI is InChI=1S/C10H20N2O2/c1-10(2,11-3)9(13)12-8-4-6-14-7-5-8/h8,11H,4-7H2,1-3H3,(H,12,13). The summed E-state index contributed by atoms with van der Waals surface area (Å²) in [6, 6.07) is 0.281. The highest BCUT2D eigenvalue weighted by atomic mass is 16.5. The summed E-state index contributed by atoms with van der Waals surface area (Å²) in [7, 11) is 1.80. The largest absolute Gasteiger partial charge is 0.381 e. The van der Waals surface area contributed by atoms with Crippen molar-refractivity contribution in [3.63, 3.8) is 0 Å². The summed E-state index contributed by atoms with van der Waals surface area (Å²) < 4.78 is 5.23. The molecule has 1 saturated heterocycles. The Balaban J connectivity index is 2.39. The molecule has 0 saturated carbocycles. The van der Waals surface area contributed by atoms with Crippen molar-refractivity contribution in [2.45, 2.75) is 38.3 Å².